The second-order valence-corrected chi connectivity index (χ2v) is 24.1. The topological polar surface area (TPSA) is 547 Å². The molecule has 21 N–H and O–H groups in total. The molecular weight excluding hydrogens is 1180 g/mol. The molecule has 1 rings (SSSR count). The van der Waals surface area contributed by atoms with E-state index in [2.05, 4.69) is 58.5 Å². The largest absolute Gasteiger partial charge is 0.481 e. The van der Waals surface area contributed by atoms with E-state index in [-0.39, 0.29) is 55.6 Å². The molecule has 0 bridgehead atoms. The Kier molecular flexibility index (Phi) is 35.1. The van der Waals surface area contributed by atoms with Gasteiger partial charge in [-0.3, -0.25) is 67.1 Å². The van der Waals surface area contributed by atoms with E-state index in [4.69, 9.17) is 17.2 Å². The lowest BCUT2D eigenvalue weighted by atomic mass is 9.99. The van der Waals surface area contributed by atoms with Crippen molar-refractivity contribution in [1.82, 2.24) is 58.5 Å². The molecule has 1 saturated heterocycles. The summed E-state index contributed by atoms with van der Waals surface area (Å²) in [6.07, 6.45) is -2.71. The summed E-state index contributed by atoms with van der Waals surface area (Å²) in [6.45, 7) is 9.13. The van der Waals surface area contributed by atoms with E-state index in [9.17, 15) is 92.3 Å². The molecule has 0 saturated carbocycles. The molecule has 1 heterocycles. The first-order valence-electron chi connectivity index (χ1n) is 27.8. The van der Waals surface area contributed by atoms with Crippen molar-refractivity contribution in [3.8, 4) is 0 Å². The lowest BCUT2D eigenvalue weighted by Gasteiger charge is -2.29. The lowest BCUT2D eigenvalue weighted by Crippen LogP contribution is -2.61. The number of hydrogen-bond donors (Lipinski definition) is 18. The molecule has 0 aromatic heterocycles. The molecule has 0 aliphatic carbocycles. The van der Waals surface area contributed by atoms with Gasteiger partial charge in [0.05, 0.1) is 25.6 Å². The summed E-state index contributed by atoms with van der Waals surface area (Å²) in [5, 5.41) is 65.2. The van der Waals surface area contributed by atoms with Crippen molar-refractivity contribution >= 4 is 110 Å². The predicted octanol–water partition coefficient (Wildman–Crippen LogP) is -5.75. The number of nitrogens with two attached hydrogens (primary N) is 3. The number of hydrogen-bond acceptors (Lipinski definition) is 20. The molecule has 11 atom stereocenters. The van der Waals surface area contributed by atoms with Gasteiger partial charge < -0.3 is 96.1 Å². The maximum Gasteiger partial charge on any atom is 0.327 e. The van der Waals surface area contributed by atoms with Gasteiger partial charge in [-0.1, -0.05) is 63.1 Å². The number of carboxylic acid groups (broad SMARTS) is 3. The van der Waals surface area contributed by atoms with Gasteiger partial charge in [0.1, 0.15) is 60.4 Å². The highest BCUT2D eigenvalue weighted by Gasteiger charge is 2.37. The van der Waals surface area contributed by atoms with Crippen LogP contribution in [-0.2, 0) is 71.9 Å². The van der Waals surface area contributed by atoms with Gasteiger partial charge in [0, 0.05) is 24.3 Å². The molecule has 0 spiro atoms. The van der Waals surface area contributed by atoms with Gasteiger partial charge in [0.25, 0.3) is 0 Å². The quantitative estimate of drug-likeness (QED) is 0.0423. The number of rotatable bonds is 19. The summed E-state index contributed by atoms with van der Waals surface area (Å²) in [7, 11) is 1.68. The van der Waals surface area contributed by atoms with E-state index in [0.29, 0.717) is 6.42 Å². The van der Waals surface area contributed by atoms with Gasteiger partial charge in [0.15, 0.2) is 0 Å². The summed E-state index contributed by atoms with van der Waals surface area (Å²) in [4.78, 5) is 198. The van der Waals surface area contributed by atoms with Crippen LogP contribution >= 0.6 is 21.6 Å². The molecule has 1 aliphatic heterocycles. The van der Waals surface area contributed by atoms with E-state index < -0.39 is 206 Å². The second-order valence-electron chi connectivity index (χ2n) is 21.5. The number of carbonyl (C=O) groups excluding carboxylic acids is 12. The van der Waals surface area contributed by atoms with Crippen LogP contribution in [0.3, 0.4) is 0 Å². The first-order chi connectivity index (χ1) is 40.2. The van der Waals surface area contributed by atoms with Crippen molar-refractivity contribution in [2.24, 2.45) is 35.0 Å². The molecule has 35 heteroatoms. The van der Waals surface area contributed by atoms with Crippen molar-refractivity contribution in [2.45, 2.75) is 179 Å². The molecule has 86 heavy (non-hydrogen) atoms. The van der Waals surface area contributed by atoms with Crippen LogP contribution in [0.1, 0.15) is 113 Å². The Morgan fingerprint density at radius 3 is 1.48 bits per heavy atom. The second kappa shape index (κ2) is 39.4. The first kappa shape index (κ1) is 76.6. The molecule has 1 fully saturated rings. The van der Waals surface area contributed by atoms with Crippen molar-refractivity contribution < 1.29 is 92.3 Å². The smallest absolute Gasteiger partial charge is 0.327 e. The fraction of sp³-hybridized carbons (Fsp3) is 0.706. The number of amides is 12. The minimum Gasteiger partial charge on any atom is -0.481 e. The minimum absolute atomic E-state index is 0.0331. The zero-order valence-corrected chi connectivity index (χ0v) is 50.8. The Balaban J connectivity index is 3.89. The Hall–Kier alpha value is -7.37. The molecule has 1 aliphatic rings. The van der Waals surface area contributed by atoms with Crippen LogP contribution in [0.5, 0.6) is 0 Å². The highest BCUT2D eigenvalue weighted by molar-refractivity contribution is 8.76. The average Bonchev–Trinajstić information content (AvgIpc) is 3.06. The number of aliphatic carboxylic acids is 3. The lowest BCUT2D eigenvalue weighted by molar-refractivity contribution is -0.142. The van der Waals surface area contributed by atoms with E-state index in [1.165, 1.54) is 13.8 Å². The maximum absolute atomic E-state index is 14.2. The molecule has 0 radical (unpaired) electrons. The number of carbonyl (C=O) groups is 15. The van der Waals surface area contributed by atoms with Gasteiger partial charge in [0.2, 0.25) is 70.9 Å². The van der Waals surface area contributed by atoms with Gasteiger partial charge in [-0.05, 0) is 76.2 Å². The van der Waals surface area contributed by atoms with E-state index in [0.717, 1.165) is 28.5 Å². The van der Waals surface area contributed by atoms with Crippen molar-refractivity contribution in [3.63, 3.8) is 0 Å². The monoisotopic (exact) mass is 1260 g/mol. The number of aliphatic hydroxyl groups is 1. The molecule has 0 aromatic carbocycles. The maximum atomic E-state index is 14.2. The Morgan fingerprint density at radius 1 is 0.523 bits per heavy atom. The third-order valence-electron chi connectivity index (χ3n) is 12.6. The normalized spacial score (nSPS) is 26.1. The van der Waals surface area contributed by atoms with Crippen LogP contribution in [0.25, 0.3) is 0 Å². The van der Waals surface area contributed by atoms with Crippen LogP contribution in [-0.4, -0.2) is 207 Å². The summed E-state index contributed by atoms with van der Waals surface area (Å²) >= 11 is 0. The van der Waals surface area contributed by atoms with Crippen molar-refractivity contribution in [2.75, 3.05) is 31.2 Å². The van der Waals surface area contributed by atoms with Gasteiger partial charge in [-0.25, -0.2) is 4.79 Å². The minimum atomic E-state index is -1.86. The highest BCUT2D eigenvalue weighted by Crippen LogP contribution is 2.23. The predicted molar refractivity (Wildman–Crippen MR) is 310 cm³/mol. The molecular formula is C51H86N14O19S2. The third-order valence-corrected chi connectivity index (χ3v) is 15.1. The number of nitrogens with one attached hydrogen (secondary N) is 11. The zero-order valence-electron chi connectivity index (χ0n) is 49.2. The zero-order chi connectivity index (χ0) is 65.5. The van der Waals surface area contributed by atoms with Gasteiger partial charge >= 0.3 is 17.9 Å². The Bertz CT molecular complexity index is 2400. The van der Waals surface area contributed by atoms with E-state index in [1.807, 2.05) is 0 Å². The summed E-state index contributed by atoms with van der Waals surface area (Å²) in [5.74, 6) is -18.9. The highest BCUT2D eigenvalue weighted by atomic mass is 33.1. The van der Waals surface area contributed by atoms with Crippen LogP contribution in [0.15, 0.2) is 0 Å². The Labute approximate surface area is 504 Å². The van der Waals surface area contributed by atoms with Crippen LogP contribution in [0.2, 0.25) is 0 Å². The van der Waals surface area contributed by atoms with E-state index in [1.54, 1.807) is 27.7 Å². The standard InChI is InChI=1S/C51H86N14O19S2/c1-23(2)16-31-47(79)59-28(10-8-9-15-52)43(75)55-19-37(68)57-33(18-39(71)72)46(78)56-26(7)41(73)64-35(51(83)84)22-86-85-21-27(53)42(74)58-30(12-14-38(69)70)45(77)65-40(25(5)6)50(82)63-34(20-66)49(81)60-29(11-13-36(54)67)44(76)61-32(17-24(3)4)48(80)62-31/h23-35,40,66H,8-22,52-53H2,1-7H3,(H2,54,67)(H,55,75)(H,56,78)(H,57,68)(H,58,74)(H,59,79)(H,60,81)(H,61,76)(H,62,80)(H,63,82)(H,64,73)(H,65,77)(H,69,70)(H,71,72)(H,83,84)/t26-,27-,28-,29-,30-,31-,32-,33-,34-,35-,40-/m0/s1. The van der Waals surface area contributed by atoms with Crippen molar-refractivity contribution in [1.29, 1.82) is 0 Å². The number of unbranched alkanes of at least 4 members (excludes halogenated alkanes) is 1. The summed E-state index contributed by atoms with van der Waals surface area (Å²) < 4.78 is 0. The fourth-order valence-electron chi connectivity index (χ4n) is 7.96. The van der Waals surface area contributed by atoms with Crippen molar-refractivity contribution in [3.05, 3.63) is 0 Å². The number of carboxylic acids is 3. The van der Waals surface area contributed by atoms with Gasteiger partial charge in [-0.15, -0.1) is 0 Å². The molecule has 33 nitrogen and oxygen atoms in total. The first-order valence-corrected chi connectivity index (χ1v) is 30.3. The Morgan fingerprint density at radius 2 is 0.988 bits per heavy atom. The molecule has 12 amide bonds. The summed E-state index contributed by atoms with van der Waals surface area (Å²) in [5.41, 5.74) is 17.2. The van der Waals surface area contributed by atoms with Crippen LogP contribution in [0, 0.1) is 17.8 Å². The number of primary amides is 1. The fourth-order valence-corrected chi connectivity index (χ4v) is 10.2. The molecule has 0 unspecified atom stereocenters. The van der Waals surface area contributed by atoms with Gasteiger partial charge in [-0.2, -0.15) is 0 Å². The van der Waals surface area contributed by atoms with E-state index >= 15 is 0 Å². The SMILES string of the molecule is CC(C)C[C@@H]1NC(=O)[C@H](CC(C)C)NC(=O)[C@H](CCC(N)=O)NC(=O)[C@H](CO)NC(=O)[C@H](C(C)C)NC(=O)[C@H](CCC(=O)O)NC(=O)[C@@H](N)CSSC[C@@H](C(=O)O)NC(=O)[C@H](C)NC(=O)[C@H](CC(=O)O)NC(=O)CNC(=O)[C@H](CCCCN)NC1=O. The summed E-state index contributed by atoms with van der Waals surface area (Å²) in [6, 6.07) is -17.4. The third kappa shape index (κ3) is 29.6. The molecule has 0 aromatic rings. The van der Waals surface area contributed by atoms with Crippen LogP contribution < -0.4 is 75.7 Å². The van der Waals surface area contributed by atoms with Crippen LogP contribution in [0.4, 0.5) is 0 Å². The average molecular weight is 1260 g/mol. The molecule has 486 valence electrons. The number of aliphatic hydroxyl groups excluding tert-OH is 1.